The Bertz CT molecular complexity index is 1480. The largest absolute Gasteiger partial charge is 0.392 e. The summed E-state index contributed by atoms with van der Waals surface area (Å²) in [5, 5.41) is 16.4. The first-order chi connectivity index (χ1) is 19.1. The first-order valence-electron chi connectivity index (χ1n) is 12.9. The van der Waals surface area contributed by atoms with E-state index in [1.807, 2.05) is 30.3 Å². The van der Waals surface area contributed by atoms with Crippen LogP contribution in [0, 0.1) is 0 Å². The first-order valence-corrected chi connectivity index (χ1v) is 13.8. The van der Waals surface area contributed by atoms with Gasteiger partial charge < -0.3 is 31.1 Å². The van der Waals surface area contributed by atoms with Crippen LogP contribution in [-0.2, 0) is 24.2 Å². The van der Waals surface area contributed by atoms with Gasteiger partial charge in [0.25, 0.3) is 5.91 Å². The maximum atomic E-state index is 13.0. The maximum absolute atomic E-state index is 13.0. The van der Waals surface area contributed by atoms with Gasteiger partial charge >= 0.3 is 0 Å². The number of hydrogen-bond donors (Lipinski definition) is 4. The number of aliphatic hydroxyl groups is 1. The number of nitrogens with two attached hydrogens (primary N) is 1. The highest BCUT2D eigenvalue weighted by molar-refractivity contribution is 7.14. The molecule has 0 saturated carbocycles. The van der Waals surface area contributed by atoms with Gasteiger partial charge in [0.1, 0.15) is 0 Å². The van der Waals surface area contributed by atoms with Crippen LogP contribution in [0.4, 0.5) is 29.0 Å². The van der Waals surface area contributed by atoms with Crippen LogP contribution in [0.1, 0.15) is 32.1 Å². The van der Waals surface area contributed by atoms with Crippen molar-refractivity contribution in [1.82, 2.24) is 15.0 Å². The normalized spacial score (nSPS) is 14.7. The van der Waals surface area contributed by atoms with Crippen molar-refractivity contribution in [3.8, 4) is 11.4 Å². The van der Waals surface area contributed by atoms with Gasteiger partial charge in [-0.3, -0.25) is 4.79 Å². The quantitative estimate of drug-likeness (QED) is 0.272. The van der Waals surface area contributed by atoms with Crippen molar-refractivity contribution in [3.05, 3.63) is 69.4 Å². The zero-order valence-electron chi connectivity index (χ0n) is 21.3. The second-order valence-corrected chi connectivity index (χ2v) is 10.6. The molecular formula is C28H29N7O3S. The molecule has 1 amide bonds. The molecule has 0 unspecified atom stereocenters. The Morgan fingerprint density at radius 2 is 1.90 bits per heavy atom. The van der Waals surface area contributed by atoms with Gasteiger partial charge in [-0.05, 0) is 61.2 Å². The number of anilines is 5. The van der Waals surface area contributed by atoms with Crippen molar-refractivity contribution >= 4 is 46.2 Å². The highest BCUT2D eigenvalue weighted by Gasteiger charge is 2.21. The van der Waals surface area contributed by atoms with E-state index >= 15 is 0 Å². The van der Waals surface area contributed by atoms with E-state index in [9.17, 15) is 9.90 Å². The minimum atomic E-state index is -0.315. The fourth-order valence-corrected chi connectivity index (χ4v) is 6.13. The molecule has 6 rings (SSSR count). The van der Waals surface area contributed by atoms with Gasteiger partial charge in [-0.1, -0.05) is 12.1 Å². The summed E-state index contributed by atoms with van der Waals surface area (Å²) in [6.07, 6.45) is 3.19. The van der Waals surface area contributed by atoms with Crippen LogP contribution in [0.3, 0.4) is 0 Å². The lowest BCUT2D eigenvalue weighted by molar-refractivity contribution is 0.103. The fourth-order valence-electron chi connectivity index (χ4n) is 4.98. The number of hydrogen-bond acceptors (Lipinski definition) is 10. The first kappa shape index (κ1) is 25.2. The van der Waals surface area contributed by atoms with Crippen molar-refractivity contribution in [2.24, 2.45) is 0 Å². The van der Waals surface area contributed by atoms with Crippen LogP contribution in [-0.4, -0.2) is 52.3 Å². The van der Waals surface area contributed by atoms with Crippen LogP contribution < -0.4 is 21.3 Å². The number of rotatable bonds is 7. The second-order valence-electron chi connectivity index (χ2n) is 9.47. The van der Waals surface area contributed by atoms with E-state index in [0.717, 1.165) is 56.9 Å². The average Bonchev–Trinajstić information content (AvgIpc) is 3.57. The van der Waals surface area contributed by atoms with Crippen LogP contribution in [0.5, 0.6) is 0 Å². The van der Waals surface area contributed by atoms with Gasteiger partial charge in [0.05, 0.1) is 24.7 Å². The molecule has 1 aliphatic carbocycles. The number of nitrogens with one attached hydrogen (secondary N) is 2. The van der Waals surface area contributed by atoms with E-state index in [-0.39, 0.29) is 24.4 Å². The van der Waals surface area contributed by atoms with Crippen LogP contribution >= 0.6 is 11.3 Å². The number of amides is 1. The molecule has 200 valence electrons. The van der Waals surface area contributed by atoms with E-state index in [2.05, 4.69) is 30.5 Å². The Morgan fingerprint density at radius 3 is 2.67 bits per heavy atom. The number of fused-ring (bicyclic) bond motifs is 1. The molecule has 39 heavy (non-hydrogen) atoms. The van der Waals surface area contributed by atoms with Gasteiger partial charge in [-0.25, -0.2) is 0 Å². The summed E-state index contributed by atoms with van der Waals surface area (Å²) in [4.78, 5) is 30.4. The Balaban J connectivity index is 1.23. The zero-order valence-corrected chi connectivity index (χ0v) is 22.1. The number of ether oxygens (including phenoxy) is 1. The van der Waals surface area contributed by atoms with Gasteiger partial charge in [0.15, 0.2) is 5.82 Å². The molecule has 2 aliphatic rings. The third kappa shape index (κ3) is 5.42. The predicted molar refractivity (Wildman–Crippen MR) is 153 cm³/mol. The number of benzene rings is 2. The van der Waals surface area contributed by atoms with Crippen LogP contribution in [0.15, 0.2) is 48.5 Å². The highest BCUT2D eigenvalue weighted by atomic mass is 32.1. The Hall–Kier alpha value is -4.06. The number of morpholine rings is 1. The lowest BCUT2D eigenvalue weighted by atomic mass is 10.0. The van der Waals surface area contributed by atoms with Gasteiger partial charge in [0.2, 0.25) is 11.9 Å². The Kier molecular flexibility index (Phi) is 7.10. The number of aromatic nitrogens is 3. The van der Waals surface area contributed by atoms with Gasteiger partial charge in [-0.15, -0.1) is 11.3 Å². The Labute approximate surface area is 229 Å². The summed E-state index contributed by atoms with van der Waals surface area (Å²) >= 11 is 1.54. The van der Waals surface area contributed by atoms with Crippen molar-refractivity contribution in [2.75, 3.05) is 47.6 Å². The third-order valence-corrected chi connectivity index (χ3v) is 8.18. The molecule has 0 spiro atoms. The summed E-state index contributed by atoms with van der Waals surface area (Å²) < 4.78 is 5.43. The van der Waals surface area contributed by atoms with Crippen molar-refractivity contribution in [2.45, 2.75) is 25.9 Å². The van der Waals surface area contributed by atoms with E-state index in [4.69, 9.17) is 10.5 Å². The predicted octanol–water partition coefficient (Wildman–Crippen LogP) is 4.00. The summed E-state index contributed by atoms with van der Waals surface area (Å²) in [6, 6.07) is 15.3. The molecule has 0 bridgehead atoms. The summed E-state index contributed by atoms with van der Waals surface area (Å²) in [5.74, 6) is 0.423. The standard InChI is InChI=1S/C28H29N7O3S/c29-27-32-25(33-28(34-27)30-18-7-9-19(10-8-18)35-11-13-38-14-12-35)20-4-2-5-22(21(20)16-36)31-26(37)24-15-17-3-1-6-23(17)39-24/h2,4-5,7-10,15,36H,1,3,6,11-14,16H2,(H,31,37)(H3,29,30,32,33,34). The van der Waals surface area contributed by atoms with Crippen molar-refractivity contribution < 1.29 is 14.6 Å². The van der Waals surface area contributed by atoms with Gasteiger partial charge in [-0.2, -0.15) is 15.0 Å². The molecule has 1 aliphatic heterocycles. The molecule has 2 aromatic heterocycles. The number of nitrogen functional groups attached to an aromatic ring is 1. The number of carbonyl (C=O) groups excluding carboxylic acids is 1. The van der Waals surface area contributed by atoms with E-state index in [1.165, 1.54) is 21.8 Å². The molecule has 4 aromatic rings. The zero-order chi connectivity index (χ0) is 26.8. The summed E-state index contributed by atoms with van der Waals surface area (Å²) in [5.41, 5.74) is 10.8. The van der Waals surface area contributed by atoms with E-state index in [0.29, 0.717) is 27.5 Å². The fraction of sp³-hybridized carbons (Fsp3) is 0.286. The molecule has 2 aromatic carbocycles. The monoisotopic (exact) mass is 543 g/mol. The molecule has 0 atom stereocenters. The SMILES string of the molecule is Nc1nc(Nc2ccc(N3CCOCC3)cc2)nc(-c2cccc(NC(=O)c3cc4c(s3)CCC4)c2CO)n1. The average molecular weight is 544 g/mol. The van der Waals surface area contributed by atoms with Gasteiger partial charge in [0, 0.05) is 46.2 Å². The van der Waals surface area contributed by atoms with Crippen LogP contribution in [0.25, 0.3) is 11.4 Å². The smallest absolute Gasteiger partial charge is 0.265 e. The van der Waals surface area contributed by atoms with Crippen LogP contribution in [0.2, 0.25) is 0 Å². The molecule has 10 nitrogen and oxygen atoms in total. The topological polar surface area (TPSA) is 139 Å². The van der Waals surface area contributed by atoms with E-state index in [1.54, 1.807) is 18.2 Å². The number of carbonyl (C=O) groups is 1. The van der Waals surface area contributed by atoms with Crippen molar-refractivity contribution in [3.63, 3.8) is 0 Å². The summed E-state index contributed by atoms with van der Waals surface area (Å²) in [6.45, 7) is 2.86. The minimum Gasteiger partial charge on any atom is -0.392 e. The second kappa shape index (κ2) is 11.0. The summed E-state index contributed by atoms with van der Waals surface area (Å²) in [7, 11) is 0. The number of aliphatic hydroxyl groups excluding tert-OH is 1. The molecule has 1 saturated heterocycles. The third-order valence-electron chi connectivity index (χ3n) is 6.95. The molecule has 11 heteroatoms. The lowest BCUT2D eigenvalue weighted by Crippen LogP contribution is -2.36. The van der Waals surface area contributed by atoms with Crippen molar-refractivity contribution in [1.29, 1.82) is 0 Å². The molecule has 3 heterocycles. The number of thiophene rings is 1. The Morgan fingerprint density at radius 1 is 1.08 bits per heavy atom. The lowest BCUT2D eigenvalue weighted by Gasteiger charge is -2.28. The highest BCUT2D eigenvalue weighted by Crippen LogP contribution is 2.33. The minimum absolute atomic E-state index is 0.0406. The molecule has 5 N–H and O–H groups in total. The number of aryl methyl sites for hydroxylation is 2. The maximum Gasteiger partial charge on any atom is 0.265 e. The molecular weight excluding hydrogens is 514 g/mol. The molecule has 1 fully saturated rings. The molecule has 0 radical (unpaired) electrons. The number of nitrogens with zero attached hydrogens (tertiary/aromatic N) is 4. The van der Waals surface area contributed by atoms with E-state index < -0.39 is 0 Å².